The van der Waals surface area contributed by atoms with Crippen LogP contribution in [0.3, 0.4) is 0 Å². The number of nitrogens with one attached hydrogen (secondary N) is 1. The van der Waals surface area contributed by atoms with Crippen LogP contribution in [0.1, 0.15) is 34.3 Å². The predicted octanol–water partition coefficient (Wildman–Crippen LogP) is 2.49. The van der Waals surface area contributed by atoms with E-state index in [1.165, 1.54) is 6.07 Å². The highest BCUT2D eigenvalue weighted by Crippen LogP contribution is 2.21. The molecule has 1 fully saturated rings. The van der Waals surface area contributed by atoms with Crippen LogP contribution < -0.4 is 5.32 Å². The lowest BCUT2D eigenvalue weighted by molar-refractivity contribution is 0.112. The van der Waals surface area contributed by atoms with Gasteiger partial charge in [0.1, 0.15) is 12.1 Å². The molecule has 0 amide bonds. The van der Waals surface area contributed by atoms with E-state index in [0.29, 0.717) is 17.0 Å². The first-order valence-electron chi connectivity index (χ1n) is 6.15. The van der Waals surface area contributed by atoms with E-state index < -0.39 is 0 Å². The molecule has 0 spiro atoms. The number of rotatable bonds is 3. The molecule has 2 nitrogen and oxygen atoms in total. The number of aryl methyl sites for hydroxylation is 1. The zero-order valence-electron chi connectivity index (χ0n) is 10.1. The second-order valence-electron chi connectivity index (χ2n) is 4.83. The molecule has 0 aliphatic carbocycles. The average Bonchev–Trinajstić information content (AvgIpc) is 2.35. The van der Waals surface area contributed by atoms with Crippen LogP contribution >= 0.6 is 0 Å². The van der Waals surface area contributed by atoms with Crippen molar-refractivity contribution < 1.29 is 9.18 Å². The molecule has 17 heavy (non-hydrogen) atoms. The van der Waals surface area contributed by atoms with Crippen molar-refractivity contribution in [3.8, 4) is 0 Å². The van der Waals surface area contributed by atoms with E-state index in [1.54, 1.807) is 13.0 Å². The van der Waals surface area contributed by atoms with Gasteiger partial charge in [-0.1, -0.05) is 0 Å². The second kappa shape index (κ2) is 5.41. The van der Waals surface area contributed by atoms with Crippen molar-refractivity contribution in [3.05, 3.63) is 34.6 Å². The van der Waals surface area contributed by atoms with Gasteiger partial charge in [-0.2, -0.15) is 0 Å². The lowest BCUT2D eigenvalue weighted by Crippen LogP contribution is -2.31. The summed E-state index contributed by atoms with van der Waals surface area (Å²) in [6, 6.07) is 3.17. The lowest BCUT2D eigenvalue weighted by Gasteiger charge is -2.23. The first-order valence-corrected chi connectivity index (χ1v) is 6.15. The van der Waals surface area contributed by atoms with Crippen molar-refractivity contribution in [1.29, 1.82) is 0 Å². The summed E-state index contributed by atoms with van der Waals surface area (Å²) in [7, 11) is 0. The fourth-order valence-corrected chi connectivity index (χ4v) is 2.44. The number of benzene rings is 1. The molecule has 1 heterocycles. The normalized spacial score (nSPS) is 20.2. The summed E-state index contributed by atoms with van der Waals surface area (Å²) < 4.78 is 13.5. The Bertz CT molecular complexity index is 411. The van der Waals surface area contributed by atoms with Gasteiger partial charge in [-0.25, -0.2) is 4.39 Å². The third kappa shape index (κ3) is 2.91. The van der Waals surface area contributed by atoms with E-state index in [-0.39, 0.29) is 5.82 Å². The fraction of sp³-hybridized carbons (Fsp3) is 0.500. The van der Waals surface area contributed by atoms with Crippen LogP contribution in [-0.2, 0) is 6.42 Å². The first kappa shape index (κ1) is 12.2. The molecule has 0 bridgehead atoms. The number of aldehydes is 1. The van der Waals surface area contributed by atoms with Crippen LogP contribution in [0.4, 0.5) is 4.39 Å². The van der Waals surface area contributed by atoms with Crippen LogP contribution in [0.25, 0.3) is 0 Å². The molecule has 1 saturated heterocycles. The van der Waals surface area contributed by atoms with Gasteiger partial charge in [0.25, 0.3) is 0 Å². The van der Waals surface area contributed by atoms with Crippen LogP contribution in [0, 0.1) is 18.7 Å². The molecular formula is C14H18FNO. The summed E-state index contributed by atoms with van der Waals surface area (Å²) >= 11 is 0. The van der Waals surface area contributed by atoms with Crippen molar-refractivity contribution in [3.63, 3.8) is 0 Å². The number of piperidine rings is 1. The number of halogens is 1. The maximum absolute atomic E-state index is 13.5. The molecule has 0 aromatic heterocycles. The minimum Gasteiger partial charge on any atom is -0.316 e. The van der Waals surface area contributed by atoms with Gasteiger partial charge in [-0.15, -0.1) is 0 Å². The molecule has 1 N–H and O–H groups in total. The zero-order chi connectivity index (χ0) is 12.3. The van der Waals surface area contributed by atoms with E-state index in [0.717, 1.165) is 44.2 Å². The number of carbonyl (C=O) groups is 1. The fourth-order valence-electron chi connectivity index (χ4n) is 2.44. The van der Waals surface area contributed by atoms with E-state index in [9.17, 15) is 9.18 Å². The van der Waals surface area contributed by atoms with Gasteiger partial charge in [0.05, 0.1) is 0 Å². The molecule has 1 aliphatic rings. The smallest absolute Gasteiger partial charge is 0.150 e. The van der Waals surface area contributed by atoms with Crippen molar-refractivity contribution in [2.24, 2.45) is 5.92 Å². The summed E-state index contributed by atoms with van der Waals surface area (Å²) in [4.78, 5) is 11.0. The minimum atomic E-state index is -0.214. The summed E-state index contributed by atoms with van der Waals surface area (Å²) in [5.41, 5.74) is 2.02. The van der Waals surface area contributed by atoms with Crippen molar-refractivity contribution in [1.82, 2.24) is 5.32 Å². The molecule has 1 unspecified atom stereocenters. The molecule has 0 radical (unpaired) electrons. The molecule has 1 atom stereocenters. The van der Waals surface area contributed by atoms with Crippen molar-refractivity contribution in [2.75, 3.05) is 13.1 Å². The van der Waals surface area contributed by atoms with Crippen LogP contribution in [0.15, 0.2) is 12.1 Å². The molecular weight excluding hydrogens is 217 g/mol. The van der Waals surface area contributed by atoms with Gasteiger partial charge in [-0.3, -0.25) is 4.79 Å². The van der Waals surface area contributed by atoms with Gasteiger partial charge >= 0.3 is 0 Å². The summed E-state index contributed by atoms with van der Waals surface area (Å²) in [5, 5.41) is 3.34. The Morgan fingerprint density at radius 2 is 2.35 bits per heavy atom. The number of carbonyl (C=O) groups excluding carboxylic acids is 1. The molecule has 3 heteroatoms. The first-order chi connectivity index (χ1) is 8.20. The highest BCUT2D eigenvalue weighted by atomic mass is 19.1. The summed E-state index contributed by atoms with van der Waals surface area (Å²) in [5.74, 6) is 0.305. The van der Waals surface area contributed by atoms with E-state index >= 15 is 0 Å². The second-order valence-corrected chi connectivity index (χ2v) is 4.83. The minimum absolute atomic E-state index is 0.214. The Morgan fingerprint density at radius 1 is 1.53 bits per heavy atom. The largest absolute Gasteiger partial charge is 0.316 e. The van der Waals surface area contributed by atoms with Crippen LogP contribution in [-0.4, -0.2) is 19.4 Å². The SMILES string of the molecule is Cc1cc(C=O)c(CC2CCCNC2)cc1F. The Kier molecular flexibility index (Phi) is 3.89. The zero-order valence-corrected chi connectivity index (χ0v) is 10.1. The van der Waals surface area contributed by atoms with Crippen molar-refractivity contribution in [2.45, 2.75) is 26.2 Å². The van der Waals surface area contributed by atoms with Gasteiger partial charge in [0.2, 0.25) is 0 Å². The van der Waals surface area contributed by atoms with Gasteiger partial charge in [-0.05, 0) is 68.5 Å². The molecule has 1 aliphatic heterocycles. The Hall–Kier alpha value is -1.22. The molecule has 1 aromatic carbocycles. The standard InChI is InChI=1S/C14H18FNO/c1-10-5-13(9-17)12(7-14(10)15)6-11-3-2-4-16-8-11/h5,7,9,11,16H,2-4,6,8H2,1H3. The molecule has 92 valence electrons. The summed E-state index contributed by atoms with van der Waals surface area (Å²) in [6.07, 6.45) is 3.94. The van der Waals surface area contributed by atoms with Crippen LogP contribution in [0.2, 0.25) is 0 Å². The topological polar surface area (TPSA) is 29.1 Å². The van der Waals surface area contributed by atoms with E-state index in [4.69, 9.17) is 0 Å². The molecule has 0 saturated carbocycles. The maximum Gasteiger partial charge on any atom is 0.150 e. The van der Waals surface area contributed by atoms with Crippen LogP contribution in [0.5, 0.6) is 0 Å². The third-order valence-electron chi connectivity index (χ3n) is 3.45. The van der Waals surface area contributed by atoms with Crippen molar-refractivity contribution >= 4 is 6.29 Å². The quantitative estimate of drug-likeness (QED) is 0.815. The monoisotopic (exact) mass is 235 g/mol. The Labute approximate surface area is 101 Å². The molecule has 2 rings (SSSR count). The lowest BCUT2D eigenvalue weighted by atomic mass is 9.90. The number of hydrogen-bond acceptors (Lipinski definition) is 2. The van der Waals surface area contributed by atoms with E-state index in [1.807, 2.05) is 0 Å². The molecule has 1 aromatic rings. The Balaban J connectivity index is 2.18. The highest BCUT2D eigenvalue weighted by Gasteiger charge is 2.16. The third-order valence-corrected chi connectivity index (χ3v) is 3.45. The van der Waals surface area contributed by atoms with E-state index in [2.05, 4.69) is 5.32 Å². The number of hydrogen-bond donors (Lipinski definition) is 1. The Morgan fingerprint density at radius 3 is 3.00 bits per heavy atom. The average molecular weight is 235 g/mol. The predicted molar refractivity (Wildman–Crippen MR) is 65.8 cm³/mol. The highest BCUT2D eigenvalue weighted by molar-refractivity contribution is 5.77. The van der Waals surface area contributed by atoms with Gasteiger partial charge in [0, 0.05) is 5.56 Å². The van der Waals surface area contributed by atoms with Gasteiger partial charge in [0.15, 0.2) is 0 Å². The summed E-state index contributed by atoms with van der Waals surface area (Å²) in [6.45, 7) is 3.72. The maximum atomic E-state index is 13.5. The van der Waals surface area contributed by atoms with Gasteiger partial charge < -0.3 is 5.32 Å².